The Bertz CT molecular complexity index is 488. The topological polar surface area (TPSA) is 68.3 Å². The summed E-state index contributed by atoms with van der Waals surface area (Å²) in [5, 5.41) is 2.47. The first-order valence-electron chi connectivity index (χ1n) is 4.56. The lowest BCUT2D eigenvalue weighted by Gasteiger charge is -2.04. The Morgan fingerprint density at radius 1 is 1.38 bits per heavy atom. The van der Waals surface area contributed by atoms with Gasteiger partial charge in [-0.15, -0.1) is 0 Å². The second-order valence-corrected chi connectivity index (χ2v) is 3.20. The fourth-order valence-electron chi connectivity index (χ4n) is 1.28. The number of nitrogens with two attached hydrogens (primary N) is 1. The van der Waals surface area contributed by atoms with Gasteiger partial charge >= 0.3 is 0 Å². The molecule has 0 atom stereocenters. The van der Waals surface area contributed by atoms with Gasteiger partial charge in [0.2, 0.25) is 0 Å². The first-order valence-corrected chi connectivity index (χ1v) is 4.56. The second kappa shape index (κ2) is 4.06. The molecule has 16 heavy (non-hydrogen) atoms. The summed E-state index contributed by atoms with van der Waals surface area (Å²) >= 11 is 0. The molecule has 2 aromatic rings. The van der Waals surface area contributed by atoms with E-state index in [-0.39, 0.29) is 11.4 Å². The van der Waals surface area contributed by atoms with Crippen LogP contribution in [0.3, 0.4) is 0 Å². The van der Waals surface area contributed by atoms with Crippen molar-refractivity contribution in [3.63, 3.8) is 0 Å². The average molecular weight is 220 g/mol. The molecule has 0 fully saturated rings. The van der Waals surface area contributed by atoms with Gasteiger partial charge < -0.3 is 15.5 Å². The van der Waals surface area contributed by atoms with Crippen molar-refractivity contribution >= 4 is 17.3 Å². The Balaban J connectivity index is 2.18. The highest BCUT2D eigenvalue weighted by Crippen LogP contribution is 2.16. The summed E-state index contributed by atoms with van der Waals surface area (Å²) in [5.41, 5.74) is 5.97. The molecule has 5 heteroatoms. The fraction of sp³-hybridized carbons (Fsp3) is 0. The summed E-state index contributed by atoms with van der Waals surface area (Å²) in [7, 11) is 0. The summed E-state index contributed by atoms with van der Waals surface area (Å²) in [6.45, 7) is 0. The maximum absolute atomic E-state index is 13.0. The summed E-state index contributed by atoms with van der Waals surface area (Å²) in [6, 6.07) is 6.91. The Kier molecular flexibility index (Phi) is 2.59. The highest BCUT2D eigenvalue weighted by Gasteiger charge is 2.09. The molecule has 0 saturated carbocycles. The standard InChI is InChI=1S/C11H9FN2O2/c12-7-4-8(13)6-9(5-7)14-11(15)10-2-1-3-16-10/h1-6H,13H2,(H,14,15). The van der Waals surface area contributed by atoms with Gasteiger partial charge in [-0.3, -0.25) is 4.79 Å². The molecule has 0 spiro atoms. The number of furan rings is 1. The van der Waals surface area contributed by atoms with Crippen LogP contribution in [0, 0.1) is 5.82 Å². The molecule has 0 aliphatic carbocycles. The molecular weight excluding hydrogens is 211 g/mol. The van der Waals surface area contributed by atoms with Crippen molar-refractivity contribution in [1.29, 1.82) is 0 Å². The smallest absolute Gasteiger partial charge is 0.291 e. The number of anilines is 2. The summed E-state index contributed by atoms with van der Waals surface area (Å²) in [6.07, 6.45) is 1.38. The van der Waals surface area contributed by atoms with Crippen molar-refractivity contribution in [2.24, 2.45) is 0 Å². The lowest BCUT2D eigenvalue weighted by Crippen LogP contribution is -2.11. The van der Waals surface area contributed by atoms with Crippen LogP contribution in [0.2, 0.25) is 0 Å². The quantitative estimate of drug-likeness (QED) is 0.762. The first kappa shape index (κ1) is 10.2. The minimum Gasteiger partial charge on any atom is -0.459 e. The second-order valence-electron chi connectivity index (χ2n) is 3.20. The number of amides is 1. The van der Waals surface area contributed by atoms with Crippen molar-refractivity contribution in [2.45, 2.75) is 0 Å². The molecule has 82 valence electrons. The van der Waals surface area contributed by atoms with Gasteiger partial charge in [-0.2, -0.15) is 0 Å². The summed E-state index contributed by atoms with van der Waals surface area (Å²) in [4.78, 5) is 11.5. The number of benzene rings is 1. The number of carbonyl (C=O) groups is 1. The SMILES string of the molecule is Nc1cc(F)cc(NC(=O)c2ccco2)c1. The molecule has 1 amide bonds. The van der Waals surface area contributed by atoms with Crippen LogP contribution in [-0.2, 0) is 0 Å². The van der Waals surface area contributed by atoms with E-state index in [1.165, 1.54) is 30.5 Å². The third kappa shape index (κ3) is 2.20. The van der Waals surface area contributed by atoms with Gasteiger partial charge in [0.1, 0.15) is 5.82 Å². The molecule has 0 aliphatic rings. The van der Waals surface area contributed by atoms with Crippen LogP contribution in [0.4, 0.5) is 15.8 Å². The van der Waals surface area contributed by atoms with Crippen molar-refractivity contribution in [3.05, 3.63) is 48.2 Å². The van der Waals surface area contributed by atoms with Gasteiger partial charge in [-0.05, 0) is 30.3 Å². The van der Waals surface area contributed by atoms with E-state index in [2.05, 4.69) is 5.32 Å². The molecule has 1 aromatic heterocycles. The largest absolute Gasteiger partial charge is 0.459 e. The zero-order chi connectivity index (χ0) is 11.5. The maximum atomic E-state index is 13.0. The average Bonchev–Trinajstić information content (AvgIpc) is 2.68. The molecule has 0 saturated heterocycles. The minimum atomic E-state index is -0.505. The van der Waals surface area contributed by atoms with E-state index in [1.54, 1.807) is 6.07 Å². The van der Waals surface area contributed by atoms with Gasteiger partial charge in [0.15, 0.2) is 5.76 Å². The van der Waals surface area contributed by atoms with E-state index < -0.39 is 11.7 Å². The number of hydrogen-bond acceptors (Lipinski definition) is 3. The van der Waals surface area contributed by atoms with E-state index in [1.807, 2.05) is 0 Å². The first-order chi connectivity index (χ1) is 7.65. The van der Waals surface area contributed by atoms with Crippen molar-refractivity contribution in [1.82, 2.24) is 0 Å². The normalized spacial score (nSPS) is 10.1. The molecule has 1 aromatic carbocycles. The van der Waals surface area contributed by atoms with Crippen LogP contribution in [0.5, 0.6) is 0 Å². The van der Waals surface area contributed by atoms with Gasteiger partial charge in [0.25, 0.3) is 5.91 Å². The van der Waals surface area contributed by atoms with Crippen LogP contribution < -0.4 is 11.1 Å². The third-order valence-corrected chi connectivity index (χ3v) is 1.92. The predicted molar refractivity (Wildman–Crippen MR) is 57.5 cm³/mol. The molecule has 4 nitrogen and oxygen atoms in total. The number of nitrogen functional groups attached to an aromatic ring is 1. The summed E-state index contributed by atoms with van der Waals surface area (Å²) in [5.74, 6) is -0.799. The van der Waals surface area contributed by atoms with Gasteiger partial charge in [0, 0.05) is 11.4 Å². The Hall–Kier alpha value is -2.30. The highest BCUT2D eigenvalue weighted by atomic mass is 19.1. The number of nitrogens with one attached hydrogen (secondary N) is 1. The van der Waals surface area contributed by atoms with Crippen LogP contribution in [0.1, 0.15) is 10.6 Å². The van der Waals surface area contributed by atoms with Crippen molar-refractivity contribution in [3.8, 4) is 0 Å². The van der Waals surface area contributed by atoms with Gasteiger partial charge in [0.05, 0.1) is 6.26 Å². The highest BCUT2D eigenvalue weighted by molar-refractivity contribution is 6.02. The molecule has 0 aliphatic heterocycles. The van der Waals surface area contributed by atoms with Gasteiger partial charge in [-0.25, -0.2) is 4.39 Å². The van der Waals surface area contributed by atoms with Crippen LogP contribution in [0.15, 0.2) is 41.0 Å². The van der Waals surface area contributed by atoms with E-state index in [4.69, 9.17) is 10.2 Å². The number of halogens is 1. The Morgan fingerprint density at radius 3 is 2.81 bits per heavy atom. The Labute approximate surface area is 90.9 Å². The molecule has 3 N–H and O–H groups in total. The van der Waals surface area contributed by atoms with Crippen LogP contribution >= 0.6 is 0 Å². The molecule has 1 heterocycles. The zero-order valence-corrected chi connectivity index (χ0v) is 8.24. The van der Waals surface area contributed by atoms with E-state index >= 15 is 0 Å². The van der Waals surface area contributed by atoms with Crippen LogP contribution in [0.25, 0.3) is 0 Å². The van der Waals surface area contributed by atoms with E-state index in [0.29, 0.717) is 5.69 Å². The monoisotopic (exact) mass is 220 g/mol. The number of carbonyl (C=O) groups excluding carboxylic acids is 1. The Morgan fingerprint density at radius 2 is 2.19 bits per heavy atom. The molecular formula is C11H9FN2O2. The van der Waals surface area contributed by atoms with Crippen molar-refractivity contribution < 1.29 is 13.6 Å². The zero-order valence-electron chi connectivity index (χ0n) is 8.24. The number of rotatable bonds is 2. The fourth-order valence-corrected chi connectivity index (χ4v) is 1.28. The van der Waals surface area contributed by atoms with E-state index in [9.17, 15) is 9.18 Å². The third-order valence-electron chi connectivity index (χ3n) is 1.92. The summed E-state index contributed by atoms with van der Waals surface area (Å²) < 4.78 is 17.9. The predicted octanol–water partition coefficient (Wildman–Crippen LogP) is 2.25. The molecule has 0 unspecified atom stereocenters. The van der Waals surface area contributed by atoms with Crippen molar-refractivity contribution in [2.75, 3.05) is 11.1 Å². The molecule has 0 radical (unpaired) electrons. The molecule has 0 bridgehead atoms. The van der Waals surface area contributed by atoms with Crippen LogP contribution in [-0.4, -0.2) is 5.91 Å². The molecule has 2 rings (SSSR count). The minimum absolute atomic E-state index is 0.155. The van der Waals surface area contributed by atoms with E-state index in [0.717, 1.165) is 0 Å². The van der Waals surface area contributed by atoms with Gasteiger partial charge in [-0.1, -0.05) is 0 Å². The maximum Gasteiger partial charge on any atom is 0.291 e. The number of hydrogen-bond donors (Lipinski definition) is 2. The lowest BCUT2D eigenvalue weighted by molar-refractivity contribution is 0.0996. The lowest BCUT2D eigenvalue weighted by atomic mass is 10.2.